The van der Waals surface area contributed by atoms with Gasteiger partial charge in [0.15, 0.2) is 0 Å². The predicted molar refractivity (Wildman–Crippen MR) is 96.2 cm³/mol. The van der Waals surface area contributed by atoms with Crippen molar-refractivity contribution >= 4 is 27.6 Å². The van der Waals surface area contributed by atoms with Crippen LogP contribution >= 0.6 is 0 Å². The van der Waals surface area contributed by atoms with Gasteiger partial charge >= 0.3 is 5.97 Å². The van der Waals surface area contributed by atoms with Gasteiger partial charge in [-0.3, -0.25) is 9.59 Å². The molecule has 1 saturated carbocycles. The zero-order chi connectivity index (χ0) is 18.8. The maximum Gasteiger partial charge on any atom is 0.327 e. The minimum Gasteiger partial charge on any atom is -0.468 e. The zero-order valence-corrected chi connectivity index (χ0v) is 15.7. The summed E-state index contributed by atoms with van der Waals surface area (Å²) in [5, 5.41) is 0. The Labute approximate surface area is 153 Å². The summed E-state index contributed by atoms with van der Waals surface area (Å²) >= 11 is 0. The van der Waals surface area contributed by atoms with Gasteiger partial charge in [0.05, 0.1) is 12.0 Å². The van der Waals surface area contributed by atoms with E-state index in [2.05, 4.69) is 4.72 Å². The molecule has 2 fully saturated rings. The summed E-state index contributed by atoms with van der Waals surface area (Å²) in [5.41, 5.74) is -0.512. The summed E-state index contributed by atoms with van der Waals surface area (Å²) in [7, 11) is -2.61. The van der Waals surface area contributed by atoms with E-state index >= 15 is 0 Å². The van der Waals surface area contributed by atoms with E-state index in [1.807, 2.05) is 0 Å². The van der Waals surface area contributed by atoms with Gasteiger partial charge in [-0.25, -0.2) is 8.42 Å². The van der Waals surface area contributed by atoms with Crippen molar-refractivity contribution < 1.29 is 22.7 Å². The highest BCUT2D eigenvalue weighted by Crippen LogP contribution is 2.31. The van der Waals surface area contributed by atoms with Gasteiger partial charge in [-0.2, -0.15) is 4.72 Å². The molecule has 1 amide bonds. The van der Waals surface area contributed by atoms with Crippen LogP contribution in [-0.2, 0) is 24.3 Å². The molecule has 0 spiro atoms. The average molecular weight is 380 g/mol. The van der Waals surface area contributed by atoms with E-state index in [1.165, 1.54) is 19.2 Å². The topological polar surface area (TPSA) is 92.8 Å². The predicted octanol–water partition coefficient (Wildman–Crippen LogP) is 1.97. The minimum atomic E-state index is -3.88. The van der Waals surface area contributed by atoms with Crippen molar-refractivity contribution in [3.8, 4) is 0 Å². The molecular formula is C18H24N2O5S. The molecule has 26 heavy (non-hydrogen) atoms. The Morgan fingerprint density at radius 3 is 2.31 bits per heavy atom. The highest BCUT2D eigenvalue weighted by atomic mass is 32.2. The number of ether oxygens (including phenoxy) is 1. The average Bonchev–Trinajstić information content (AvgIpc) is 3.07. The molecule has 7 nitrogen and oxygen atoms in total. The lowest BCUT2D eigenvalue weighted by Crippen LogP contribution is -2.55. The third-order valence-electron chi connectivity index (χ3n) is 5.15. The van der Waals surface area contributed by atoms with Crippen molar-refractivity contribution in [3.05, 3.63) is 24.3 Å². The van der Waals surface area contributed by atoms with Crippen LogP contribution < -0.4 is 9.62 Å². The fraction of sp³-hybridized carbons (Fsp3) is 0.556. The second-order valence-corrected chi connectivity index (χ2v) is 8.57. The first-order chi connectivity index (χ1) is 12.4. The Kier molecular flexibility index (Phi) is 5.34. The second kappa shape index (κ2) is 7.36. The number of esters is 1. The first-order valence-corrected chi connectivity index (χ1v) is 10.4. The molecule has 1 aliphatic carbocycles. The van der Waals surface area contributed by atoms with Crippen LogP contribution in [0.1, 0.15) is 44.9 Å². The molecule has 1 aromatic rings. The number of benzene rings is 1. The van der Waals surface area contributed by atoms with Crippen molar-refractivity contribution in [3.63, 3.8) is 0 Å². The molecule has 1 heterocycles. The summed E-state index contributed by atoms with van der Waals surface area (Å²) in [5.74, 6) is -0.495. The largest absolute Gasteiger partial charge is 0.468 e. The standard InChI is InChI=1S/C18H24N2O5S/c1-25-17(22)18(11-3-2-4-12-18)19-26(23,24)15-9-7-14(8-10-15)20-13-5-6-16(20)21/h7-10,19H,2-6,11-13H2,1H3. The molecule has 1 aliphatic heterocycles. The first kappa shape index (κ1) is 18.8. The van der Waals surface area contributed by atoms with Crippen LogP contribution in [0.3, 0.4) is 0 Å². The highest BCUT2D eigenvalue weighted by Gasteiger charge is 2.44. The number of rotatable bonds is 5. The van der Waals surface area contributed by atoms with Crippen LogP contribution in [0.25, 0.3) is 0 Å². The molecular weight excluding hydrogens is 356 g/mol. The van der Waals surface area contributed by atoms with Gasteiger partial charge in [0.2, 0.25) is 15.9 Å². The Balaban J connectivity index is 1.82. The molecule has 1 N–H and O–H groups in total. The molecule has 0 unspecified atom stereocenters. The van der Waals surface area contributed by atoms with Crippen LogP contribution in [-0.4, -0.2) is 39.5 Å². The van der Waals surface area contributed by atoms with E-state index < -0.39 is 21.5 Å². The van der Waals surface area contributed by atoms with Crippen molar-refractivity contribution in [1.29, 1.82) is 0 Å². The minimum absolute atomic E-state index is 0.0468. The van der Waals surface area contributed by atoms with Gasteiger partial charge in [-0.15, -0.1) is 0 Å². The van der Waals surface area contributed by atoms with Gasteiger partial charge in [0, 0.05) is 18.7 Å². The van der Waals surface area contributed by atoms with E-state index in [-0.39, 0.29) is 10.8 Å². The highest BCUT2D eigenvalue weighted by molar-refractivity contribution is 7.89. The number of anilines is 1. The van der Waals surface area contributed by atoms with Crippen molar-refractivity contribution in [2.75, 3.05) is 18.6 Å². The van der Waals surface area contributed by atoms with Gasteiger partial charge in [-0.05, 0) is 43.5 Å². The van der Waals surface area contributed by atoms with Gasteiger partial charge in [-0.1, -0.05) is 19.3 Å². The Morgan fingerprint density at radius 1 is 1.12 bits per heavy atom. The number of nitrogens with one attached hydrogen (secondary N) is 1. The number of sulfonamides is 1. The van der Waals surface area contributed by atoms with E-state index in [4.69, 9.17) is 4.74 Å². The van der Waals surface area contributed by atoms with Crippen LogP contribution in [0.15, 0.2) is 29.2 Å². The fourth-order valence-corrected chi connectivity index (χ4v) is 5.16. The van der Waals surface area contributed by atoms with Crippen LogP contribution in [0, 0.1) is 0 Å². The lowest BCUT2D eigenvalue weighted by atomic mass is 9.83. The molecule has 0 aromatic heterocycles. The number of nitrogens with zero attached hydrogens (tertiary/aromatic N) is 1. The molecule has 1 saturated heterocycles. The number of methoxy groups -OCH3 is 1. The number of carbonyl (C=O) groups is 2. The first-order valence-electron chi connectivity index (χ1n) is 8.91. The molecule has 0 radical (unpaired) electrons. The van der Waals surface area contributed by atoms with E-state index in [1.54, 1.807) is 17.0 Å². The van der Waals surface area contributed by atoms with Gasteiger partial charge in [0.1, 0.15) is 5.54 Å². The van der Waals surface area contributed by atoms with E-state index in [9.17, 15) is 18.0 Å². The van der Waals surface area contributed by atoms with Crippen LogP contribution in [0.4, 0.5) is 5.69 Å². The van der Waals surface area contributed by atoms with Crippen molar-refractivity contribution in [1.82, 2.24) is 4.72 Å². The number of amides is 1. The third-order valence-corrected chi connectivity index (χ3v) is 6.70. The van der Waals surface area contributed by atoms with Gasteiger partial charge in [0.25, 0.3) is 0 Å². The quantitative estimate of drug-likeness (QED) is 0.789. The number of hydrogen-bond donors (Lipinski definition) is 1. The smallest absolute Gasteiger partial charge is 0.327 e. The monoisotopic (exact) mass is 380 g/mol. The normalized spacial score (nSPS) is 20.2. The molecule has 2 aliphatic rings. The van der Waals surface area contributed by atoms with Crippen molar-refractivity contribution in [2.24, 2.45) is 0 Å². The Hall–Kier alpha value is -1.93. The fourth-order valence-electron chi connectivity index (χ4n) is 3.74. The second-order valence-electron chi connectivity index (χ2n) is 6.88. The zero-order valence-electron chi connectivity index (χ0n) is 14.9. The lowest BCUT2D eigenvalue weighted by Gasteiger charge is -2.34. The number of hydrogen-bond acceptors (Lipinski definition) is 5. The summed E-state index contributed by atoms with van der Waals surface area (Å²) in [6.07, 6.45) is 4.70. The summed E-state index contributed by atoms with van der Waals surface area (Å²) in [6.45, 7) is 0.647. The maximum absolute atomic E-state index is 12.8. The Morgan fingerprint density at radius 2 is 1.77 bits per heavy atom. The molecule has 1 aromatic carbocycles. The molecule has 142 valence electrons. The molecule has 0 bridgehead atoms. The van der Waals surface area contributed by atoms with Crippen LogP contribution in [0.5, 0.6) is 0 Å². The molecule has 8 heteroatoms. The third kappa shape index (κ3) is 3.61. The summed E-state index contributed by atoms with van der Waals surface area (Å²) in [6, 6.07) is 6.20. The lowest BCUT2D eigenvalue weighted by molar-refractivity contribution is -0.149. The SMILES string of the molecule is COC(=O)C1(NS(=O)(=O)c2ccc(N3CCCC3=O)cc2)CCCCC1. The molecule has 0 atom stereocenters. The van der Waals surface area contributed by atoms with Crippen molar-refractivity contribution in [2.45, 2.75) is 55.4 Å². The van der Waals surface area contributed by atoms with E-state index in [0.717, 1.165) is 25.7 Å². The Bertz CT molecular complexity index is 782. The molecule has 3 rings (SSSR count). The number of carbonyl (C=O) groups excluding carboxylic acids is 2. The maximum atomic E-state index is 12.8. The van der Waals surface area contributed by atoms with Gasteiger partial charge < -0.3 is 9.64 Å². The van der Waals surface area contributed by atoms with E-state index in [0.29, 0.717) is 31.5 Å². The summed E-state index contributed by atoms with van der Waals surface area (Å²) < 4.78 is 33.1. The van der Waals surface area contributed by atoms with Crippen LogP contribution in [0.2, 0.25) is 0 Å². The summed E-state index contributed by atoms with van der Waals surface area (Å²) in [4.78, 5) is 25.8.